The molecule has 0 aliphatic heterocycles. The van der Waals surface area contributed by atoms with Crippen LogP contribution in [-0.4, -0.2) is 28.2 Å². The highest BCUT2D eigenvalue weighted by Gasteiger charge is 2.17. The fraction of sp³-hybridized carbons (Fsp3) is 0.174. The van der Waals surface area contributed by atoms with Crippen molar-refractivity contribution in [1.82, 2.24) is 19.7 Å². The first-order chi connectivity index (χ1) is 16.0. The lowest BCUT2D eigenvalue weighted by molar-refractivity contribution is 0.459. The first-order valence-electron chi connectivity index (χ1n) is 10.2. The van der Waals surface area contributed by atoms with Crippen LogP contribution in [0.4, 0.5) is 10.1 Å². The average molecular weight is 502 g/mol. The summed E-state index contributed by atoms with van der Waals surface area (Å²) in [7, 11) is -3.94. The van der Waals surface area contributed by atoms with Crippen molar-refractivity contribution < 1.29 is 17.5 Å². The SMILES string of the molecule is Cc1nc(Oc2ccc(NS(=O)(=O)c3ccc(F)c(Cl)c3)cc2)cc(-n2nc(C)c(C)c2C)n1. The smallest absolute Gasteiger partial charge is 0.261 e. The first kappa shape index (κ1) is 23.7. The van der Waals surface area contributed by atoms with Crippen LogP contribution < -0.4 is 9.46 Å². The molecule has 0 bridgehead atoms. The van der Waals surface area contributed by atoms with E-state index in [-0.39, 0.29) is 9.92 Å². The van der Waals surface area contributed by atoms with Crippen molar-refractivity contribution in [3.8, 4) is 17.4 Å². The molecule has 4 aromatic rings. The lowest BCUT2D eigenvalue weighted by Crippen LogP contribution is -2.13. The Morgan fingerprint density at radius 1 is 1.00 bits per heavy atom. The maximum absolute atomic E-state index is 13.3. The lowest BCUT2D eigenvalue weighted by atomic mass is 10.2. The van der Waals surface area contributed by atoms with Gasteiger partial charge in [0.25, 0.3) is 10.0 Å². The lowest BCUT2D eigenvalue weighted by Gasteiger charge is -2.11. The molecule has 2 heterocycles. The van der Waals surface area contributed by atoms with Crippen molar-refractivity contribution in [2.75, 3.05) is 4.72 Å². The summed E-state index contributed by atoms with van der Waals surface area (Å²) in [6.07, 6.45) is 0. The number of aromatic nitrogens is 4. The molecule has 4 rings (SSSR count). The molecule has 176 valence electrons. The largest absolute Gasteiger partial charge is 0.439 e. The third kappa shape index (κ3) is 4.87. The predicted octanol–water partition coefficient (Wildman–Crippen LogP) is 5.28. The van der Waals surface area contributed by atoms with Crippen LogP contribution in [0.3, 0.4) is 0 Å². The number of benzene rings is 2. The molecule has 0 saturated heterocycles. The zero-order chi connectivity index (χ0) is 24.6. The summed E-state index contributed by atoms with van der Waals surface area (Å²) in [4.78, 5) is 8.63. The zero-order valence-electron chi connectivity index (χ0n) is 18.8. The molecule has 0 amide bonds. The molecule has 2 aromatic heterocycles. The number of nitrogens with one attached hydrogen (secondary N) is 1. The number of sulfonamides is 1. The highest BCUT2D eigenvalue weighted by Crippen LogP contribution is 2.26. The standard InChI is InChI=1S/C23H21ClFN5O3S/c1-13-14(2)28-30(15(13)3)22-12-23(27-16(4)26-22)33-18-7-5-17(6-8-18)29-34(31,32)19-9-10-21(25)20(24)11-19/h5-12,29H,1-4H3. The van der Waals surface area contributed by atoms with E-state index in [1.165, 1.54) is 12.1 Å². The van der Waals surface area contributed by atoms with Gasteiger partial charge in [0.05, 0.1) is 15.6 Å². The van der Waals surface area contributed by atoms with E-state index < -0.39 is 15.8 Å². The van der Waals surface area contributed by atoms with Gasteiger partial charge < -0.3 is 4.74 Å². The van der Waals surface area contributed by atoms with E-state index >= 15 is 0 Å². The number of nitrogens with zero attached hydrogens (tertiary/aromatic N) is 4. The van der Waals surface area contributed by atoms with Crippen molar-refractivity contribution in [2.24, 2.45) is 0 Å². The second-order valence-corrected chi connectivity index (χ2v) is 9.72. The topological polar surface area (TPSA) is 99.0 Å². The van der Waals surface area contributed by atoms with Crippen LogP contribution in [0.15, 0.2) is 53.4 Å². The number of anilines is 1. The minimum Gasteiger partial charge on any atom is -0.439 e. The fourth-order valence-corrected chi connectivity index (χ4v) is 4.53. The molecule has 0 radical (unpaired) electrons. The maximum atomic E-state index is 13.3. The molecule has 8 nitrogen and oxygen atoms in total. The minimum absolute atomic E-state index is 0.150. The van der Waals surface area contributed by atoms with Gasteiger partial charge in [0.15, 0.2) is 5.82 Å². The van der Waals surface area contributed by atoms with Crippen LogP contribution in [0.1, 0.15) is 22.8 Å². The Hall–Kier alpha value is -3.50. The molecule has 0 saturated carbocycles. The van der Waals surface area contributed by atoms with Crippen molar-refractivity contribution >= 4 is 27.3 Å². The van der Waals surface area contributed by atoms with Crippen LogP contribution in [0.2, 0.25) is 5.02 Å². The van der Waals surface area contributed by atoms with Gasteiger partial charge in [-0.05, 0) is 75.7 Å². The Labute approximate surface area is 201 Å². The molecular weight excluding hydrogens is 481 g/mol. The quantitative estimate of drug-likeness (QED) is 0.386. The Kier molecular flexibility index (Phi) is 6.28. The summed E-state index contributed by atoms with van der Waals surface area (Å²) in [6.45, 7) is 7.66. The summed E-state index contributed by atoms with van der Waals surface area (Å²) in [5.41, 5.74) is 3.27. The summed E-state index contributed by atoms with van der Waals surface area (Å²) in [6, 6.07) is 11.1. The molecule has 11 heteroatoms. The van der Waals surface area contributed by atoms with Gasteiger partial charge in [-0.2, -0.15) is 10.1 Å². The Balaban J connectivity index is 1.53. The average Bonchev–Trinajstić information content (AvgIpc) is 3.03. The van der Waals surface area contributed by atoms with E-state index in [9.17, 15) is 12.8 Å². The number of hydrogen-bond acceptors (Lipinski definition) is 6. The molecule has 0 spiro atoms. The summed E-state index contributed by atoms with van der Waals surface area (Å²) in [5.74, 6) is 1.17. The molecule has 0 unspecified atom stereocenters. The second-order valence-electron chi connectivity index (χ2n) is 7.63. The number of aryl methyl sites for hydroxylation is 2. The fourth-order valence-electron chi connectivity index (χ4n) is 3.20. The highest BCUT2D eigenvalue weighted by molar-refractivity contribution is 7.92. The van der Waals surface area contributed by atoms with E-state index in [1.807, 2.05) is 20.8 Å². The summed E-state index contributed by atoms with van der Waals surface area (Å²) in [5, 5.41) is 4.25. The van der Waals surface area contributed by atoms with E-state index in [0.29, 0.717) is 29.0 Å². The van der Waals surface area contributed by atoms with Gasteiger partial charge in [0.1, 0.15) is 17.4 Å². The first-order valence-corrected chi connectivity index (χ1v) is 12.0. The van der Waals surface area contributed by atoms with Crippen LogP contribution >= 0.6 is 11.6 Å². The molecule has 0 aliphatic carbocycles. The molecule has 0 aliphatic rings. The van der Waals surface area contributed by atoms with Gasteiger partial charge in [0.2, 0.25) is 5.88 Å². The van der Waals surface area contributed by atoms with Crippen molar-refractivity contribution in [3.05, 3.63) is 82.1 Å². The van der Waals surface area contributed by atoms with Crippen LogP contribution in [0, 0.1) is 33.5 Å². The molecule has 34 heavy (non-hydrogen) atoms. The van der Waals surface area contributed by atoms with Gasteiger partial charge in [-0.15, -0.1) is 0 Å². The van der Waals surface area contributed by atoms with Crippen LogP contribution in [0.5, 0.6) is 11.6 Å². The zero-order valence-corrected chi connectivity index (χ0v) is 20.4. The second kappa shape index (κ2) is 9.03. The monoisotopic (exact) mass is 501 g/mol. The molecular formula is C23H21ClFN5O3S. The summed E-state index contributed by atoms with van der Waals surface area (Å²) < 4.78 is 48.5. The van der Waals surface area contributed by atoms with Gasteiger partial charge in [-0.1, -0.05) is 11.6 Å². The normalized spacial score (nSPS) is 11.5. The van der Waals surface area contributed by atoms with Crippen molar-refractivity contribution in [1.29, 1.82) is 0 Å². The van der Waals surface area contributed by atoms with Crippen molar-refractivity contribution in [2.45, 2.75) is 32.6 Å². The molecule has 0 fully saturated rings. The third-order valence-corrected chi connectivity index (χ3v) is 6.87. The minimum atomic E-state index is -3.94. The van der Waals surface area contributed by atoms with Crippen molar-refractivity contribution in [3.63, 3.8) is 0 Å². The van der Waals surface area contributed by atoms with Gasteiger partial charge in [-0.25, -0.2) is 22.5 Å². The van der Waals surface area contributed by atoms with Gasteiger partial charge in [0, 0.05) is 17.4 Å². The number of hydrogen-bond donors (Lipinski definition) is 1. The van der Waals surface area contributed by atoms with E-state index in [1.54, 1.807) is 29.8 Å². The third-order valence-electron chi connectivity index (χ3n) is 5.20. The Morgan fingerprint density at radius 2 is 1.71 bits per heavy atom. The van der Waals surface area contributed by atoms with Gasteiger partial charge >= 0.3 is 0 Å². The molecule has 2 aromatic carbocycles. The molecule has 1 N–H and O–H groups in total. The molecule has 0 atom stereocenters. The van der Waals surface area contributed by atoms with E-state index in [0.717, 1.165) is 35.2 Å². The summed E-state index contributed by atoms with van der Waals surface area (Å²) >= 11 is 5.70. The van der Waals surface area contributed by atoms with E-state index in [4.69, 9.17) is 16.3 Å². The highest BCUT2D eigenvalue weighted by atomic mass is 35.5. The number of halogens is 2. The van der Waals surface area contributed by atoms with Crippen LogP contribution in [0.25, 0.3) is 5.82 Å². The Bertz CT molecular complexity index is 1490. The van der Waals surface area contributed by atoms with Crippen LogP contribution in [-0.2, 0) is 10.0 Å². The Morgan fingerprint density at radius 3 is 2.32 bits per heavy atom. The number of rotatable bonds is 6. The number of ether oxygens (including phenoxy) is 1. The van der Waals surface area contributed by atoms with E-state index in [2.05, 4.69) is 19.8 Å². The maximum Gasteiger partial charge on any atom is 0.261 e. The predicted molar refractivity (Wildman–Crippen MR) is 127 cm³/mol. The van der Waals surface area contributed by atoms with Gasteiger partial charge in [-0.3, -0.25) is 4.72 Å².